The van der Waals surface area contributed by atoms with Crippen LogP contribution >= 0.6 is 0 Å². The quantitative estimate of drug-likeness (QED) is 0.683. The molecule has 11 heteroatoms. The van der Waals surface area contributed by atoms with Crippen LogP contribution in [0, 0.1) is 18.7 Å². The number of carbonyl (C=O) groups is 1. The average molecular weight is 461 g/mol. The predicted molar refractivity (Wildman–Crippen MR) is 117 cm³/mol. The number of allylic oxidation sites excluding steroid dienone is 2. The summed E-state index contributed by atoms with van der Waals surface area (Å²) in [6, 6.07) is 2.58. The molecular weight excluding hydrogens is 440 g/mol. The highest BCUT2D eigenvalue weighted by Gasteiger charge is 2.36. The minimum Gasteiger partial charge on any atom is -0.332 e. The van der Waals surface area contributed by atoms with Gasteiger partial charge < -0.3 is 9.99 Å². The normalized spacial score (nSPS) is 23.8. The number of hydrazone groups is 1. The Hall–Kier alpha value is -3.05. The van der Waals surface area contributed by atoms with Gasteiger partial charge in [0.2, 0.25) is 0 Å². The topological polar surface area (TPSA) is 95.8 Å². The van der Waals surface area contributed by atoms with Crippen LogP contribution in [0.3, 0.4) is 0 Å². The van der Waals surface area contributed by atoms with E-state index in [-0.39, 0.29) is 43.0 Å². The number of aromatic nitrogens is 1. The van der Waals surface area contributed by atoms with Crippen molar-refractivity contribution in [3.63, 3.8) is 0 Å². The van der Waals surface area contributed by atoms with Gasteiger partial charge in [-0.3, -0.25) is 9.10 Å². The van der Waals surface area contributed by atoms with Gasteiger partial charge in [-0.1, -0.05) is 6.08 Å². The standard InChI is InChI=1S/C21H21F2N5O3S/c1-11-5-15-19(8-16(11)22)27(10-14-7-18-13(6-17(14)23)9-24-26-18)20(12(2)29)21(15)28-4-3-25-32(28,30)31/h5-9,13,18,25-26H,3-4,10H2,1-2H3. The van der Waals surface area contributed by atoms with E-state index in [0.717, 1.165) is 4.31 Å². The van der Waals surface area contributed by atoms with Crippen LogP contribution in [0.4, 0.5) is 14.5 Å². The summed E-state index contributed by atoms with van der Waals surface area (Å²) < 4.78 is 59.8. The van der Waals surface area contributed by atoms with Crippen LogP contribution in [-0.4, -0.2) is 44.1 Å². The van der Waals surface area contributed by atoms with E-state index in [1.165, 1.54) is 29.7 Å². The molecule has 0 spiro atoms. The maximum atomic E-state index is 14.9. The number of halogens is 2. The molecule has 0 radical (unpaired) electrons. The number of ketones is 1. The fourth-order valence-electron chi connectivity index (χ4n) is 4.50. The molecule has 3 heterocycles. The Labute approximate surface area is 183 Å². The van der Waals surface area contributed by atoms with Crippen molar-refractivity contribution in [1.82, 2.24) is 14.7 Å². The highest BCUT2D eigenvalue weighted by Crippen LogP contribution is 2.39. The molecule has 1 fully saturated rings. The van der Waals surface area contributed by atoms with Crippen LogP contribution in [0.15, 0.2) is 40.8 Å². The molecule has 32 heavy (non-hydrogen) atoms. The number of Topliss-reactive ketones (excluding diaryl/α,β-unsaturated/α-hetero) is 1. The lowest BCUT2D eigenvalue weighted by molar-refractivity contribution is 0.101. The number of nitrogens with one attached hydrogen (secondary N) is 2. The molecule has 8 nitrogen and oxygen atoms in total. The van der Waals surface area contributed by atoms with Gasteiger partial charge in [0.25, 0.3) is 0 Å². The maximum Gasteiger partial charge on any atom is 0.301 e. The number of carbonyl (C=O) groups excluding carboxylic acids is 1. The number of hydrogen-bond acceptors (Lipinski definition) is 5. The Bertz CT molecular complexity index is 1360. The third kappa shape index (κ3) is 3.15. The van der Waals surface area contributed by atoms with E-state index < -0.39 is 27.6 Å². The molecule has 168 valence electrons. The monoisotopic (exact) mass is 461 g/mol. The van der Waals surface area contributed by atoms with E-state index in [2.05, 4.69) is 15.2 Å². The van der Waals surface area contributed by atoms with Gasteiger partial charge in [0.15, 0.2) is 5.78 Å². The van der Waals surface area contributed by atoms with Gasteiger partial charge in [0.1, 0.15) is 17.3 Å². The second-order valence-electron chi connectivity index (χ2n) is 8.15. The summed E-state index contributed by atoms with van der Waals surface area (Å²) in [6.45, 7) is 3.13. The number of benzene rings is 1. The SMILES string of the molecule is CC(=O)c1c(N2CCNS2(=O)=O)c2cc(C)c(F)cc2n1CC1=CC2NN=CC2C=C1F. The lowest BCUT2D eigenvalue weighted by atomic mass is 9.93. The van der Waals surface area contributed by atoms with Gasteiger partial charge in [-0.15, -0.1) is 0 Å². The largest absolute Gasteiger partial charge is 0.332 e. The maximum absolute atomic E-state index is 14.9. The first-order valence-corrected chi connectivity index (χ1v) is 11.6. The zero-order valence-corrected chi connectivity index (χ0v) is 18.2. The molecule has 2 N–H and O–H groups in total. The Balaban J connectivity index is 1.74. The lowest BCUT2D eigenvalue weighted by Crippen LogP contribution is -2.30. The summed E-state index contributed by atoms with van der Waals surface area (Å²) in [4.78, 5) is 12.8. The fourth-order valence-corrected chi connectivity index (χ4v) is 5.76. The summed E-state index contributed by atoms with van der Waals surface area (Å²) in [5.41, 5.74) is 4.10. The molecule has 1 saturated heterocycles. The van der Waals surface area contributed by atoms with Crippen LogP contribution in [0.25, 0.3) is 10.9 Å². The van der Waals surface area contributed by atoms with Crippen molar-refractivity contribution in [1.29, 1.82) is 0 Å². The highest BCUT2D eigenvalue weighted by molar-refractivity contribution is 7.91. The van der Waals surface area contributed by atoms with Crippen LogP contribution in [0.1, 0.15) is 23.0 Å². The number of nitrogens with zero attached hydrogens (tertiary/aromatic N) is 3. The summed E-state index contributed by atoms with van der Waals surface area (Å²) in [5, 5.41) is 4.39. The van der Waals surface area contributed by atoms with Crippen molar-refractivity contribution >= 4 is 38.8 Å². The first-order chi connectivity index (χ1) is 15.2. The molecule has 3 aliphatic rings. The Kier molecular flexibility index (Phi) is 4.71. The van der Waals surface area contributed by atoms with E-state index in [4.69, 9.17) is 0 Å². The van der Waals surface area contributed by atoms with E-state index >= 15 is 0 Å². The first kappa shape index (κ1) is 20.8. The third-order valence-corrected chi connectivity index (χ3v) is 7.54. The highest BCUT2D eigenvalue weighted by atomic mass is 32.2. The van der Waals surface area contributed by atoms with Gasteiger partial charge in [-0.2, -0.15) is 18.2 Å². The van der Waals surface area contributed by atoms with Gasteiger partial charge in [0, 0.05) is 43.1 Å². The van der Waals surface area contributed by atoms with Gasteiger partial charge in [0.05, 0.1) is 23.8 Å². The number of hydrogen-bond donors (Lipinski definition) is 2. The minimum absolute atomic E-state index is 0.0670. The second-order valence-corrected chi connectivity index (χ2v) is 9.83. The van der Waals surface area contributed by atoms with Gasteiger partial charge in [-0.05, 0) is 30.7 Å². The zero-order chi connectivity index (χ0) is 22.8. The summed E-state index contributed by atoms with van der Waals surface area (Å²) in [6.07, 6.45) is 4.76. The number of anilines is 1. The Morgan fingerprint density at radius 1 is 1.28 bits per heavy atom. The Morgan fingerprint density at radius 2 is 2.06 bits per heavy atom. The van der Waals surface area contributed by atoms with E-state index in [9.17, 15) is 22.0 Å². The van der Waals surface area contributed by atoms with Crippen molar-refractivity contribution in [3.8, 4) is 0 Å². The van der Waals surface area contributed by atoms with Crippen molar-refractivity contribution < 1.29 is 22.0 Å². The molecular formula is C21H21F2N5O3S. The molecule has 2 atom stereocenters. The van der Waals surface area contributed by atoms with Gasteiger partial charge in [-0.25, -0.2) is 8.78 Å². The van der Waals surface area contributed by atoms with E-state index in [1.54, 1.807) is 19.2 Å². The molecule has 2 unspecified atom stereocenters. The number of aryl methyl sites for hydroxylation is 1. The molecule has 2 aliphatic heterocycles. The molecule has 1 aliphatic carbocycles. The van der Waals surface area contributed by atoms with Crippen molar-refractivity contribution in [2.45, 2.75) is 26.4 Å². The summed E-state index contributed by atoms with van der Waals surface area (Å²) in [5.74, 6) is -1.57. The van der Waals surface area contributed by atoms with Crippen LogP contribution in [0.2, 0.25) is 0 Å². The number of fused-ring (bicyclic) bond motifs is 2. The smallest absolute Gasteiger partial charge is 0.301 e. The molecule has 0 bridgehead atoms. The third-order valence-electron chi connectivity index (χ3n) is 6.03. The molecule has 0 saturated carbocycles. The van der Waals surface area contributed by atoms with Crippen LogP contribution in [-0.2, 0) is 16.8 Å². The van der Waals surface area contributed by atoms with Gasteiger partial charge >= 0.3 is 10.2 Å². The molecule has 0 amide bonds. The molecule has 2 aromatic rings. The zero-order valence-electron chi connectivity index (χ0n) is 17.4. The minimum atomic E-state index is -3.86. The van der Waals surface area contributed by atoms with Crippen LogP contribution in [0.5, 0.6) is 0 Å². The average Bonchev–Trinajstić information content (AvgIpc) is 3.38. The summed E-state index contributed by atoms with van der Waals surface area (Å²) >= 11 is 0. The van der Waals surface area contributed by atoms with Crippen molar-refractivity contribution in [2.75, 3.05) is 17.4 Å². The first-order valence-electron chi connectivity index (χ1n) is 10.1. The molecule has 1 aromatic heterocycles. The molecule has 5 rings (SSSR count). The molecule has 1 aromatic carbocycles. The van der Waals surface area contributed by atoms with E-state index in [1.807, 2.05) is 0 Å². The number of rotatable bonds is 4. The second kappa shape index (κ2) is 7.24. The fraction of sp³-hybridized carbons (Fsp3) is 0.333. The Morgan fingerprint density at radius 3 is 2.75 bits per heavy atom. The van der Waals surface area contributed by atoms with Crippen molar-refractivity contribution in [3.05, 3.63) is 52.8 Å². The van der Waals surface area contributed by atoms with Crippen LogP contribution < -0.4 is 14.5 Å². The predicted octanol–water partition coefficient (Wildman–Crippen LogP) is 2.31. The van der Waals surface area contributed by atoms with E-state index in [0.29, 0.717) is 22.0 Å². The lowest BCUT2D eigenvalue weighted by Gasteiger charge is -2.21. The summed E-state index contributed by atoms with van der Waals surface area (Å²) in [7, 11) is -3.86. The van der Waals surface area contributed by atoms with Crippen molar-refractivity contribution in [2.24, 2.45) is 11.0 Å².